The highest BCUT2D eigenvalue weighted by molar-refractivity contribution is 6.29. The minimum Gasteiger partial charge on any atom is -0.318 e. The van der Waals surface area contributed by atoms with Crippen molar-refractivity contribution in [2.24, 2.45) is 0 Å². The highest BCUT2D eigenvalue weighted by atomic mass is 19.1. The molecule has 0 atom stereocenters. The molecule has 5 heteroatoms. The Morgan fingerprint density at radius 1 is 0.850 bits per heavy atom. The summed E-state index contributed by atoms with van der Waals surface area (Å²) in [5.74, 6) is -1.08. The summed E-state index contributed by atoms with van der Waals surface area (Å²) in [4.78, 5) is 24.2. The lowest BCUT2D eigenvalue weighted by Crippen LogP contribution is -2.42. The molecule has 4 nitrogen and oxygen atoms in total. The molecule has 1 aliphatic carbocycles. The van der Waals surface area contributed by atoms with Gasteiger partial charge >= 0.3 is 0 Å². The number of benzene rings is 2. The van der Waals surface area contributed by atoms with Crippen LogP contribution in [0.1, 0.15) is 20.7 Å². The molecule has 20 heavy (non-hydrogen) atoms. The standard InChI is InChI=1S/C15H11FN2O2/c16-11-7-3-4-8-12(11)17-18-13-14(19)9-5-1-2-6-10(9)15(13)20/h1-8,13,17-18H. The normalized spacial score (nSPS) is 14.4. The monoisotopic (exact) mass is 270 g/mol. The predicted molar refractivity (Wildman–Crippen MR) is 72.0 cm³/mol. The summed E-state index contributed by atoms with van der Waals surface area (Å²) in [5, 5.41) is 0. The Bertz CT molecular complexity index is 665. The summed E-state index contributed by atoms with van der Waals surface area (Å²) in [5.41, 5.74) is 6.15. The number of halogens is 1. The lowest BCUT2D eigenvalue weighted by molar-refractivity contribution is 0.0874. The quantitative estimate of drug-likeness (QED) is 0.663. The van der Waals surface area contributed by atoms with Crippen LogP contribution in [-0.4, -0.2) is 17.6 Å². The smallest absolute Gasteiger partial charge is 0.190 e. The van der Waals surface area contributed by atoms with E-state index < -0.39 is 11.9 Å². The van der Waals surface area contributed by atoms with E-state index in [0.29, 0.717) is 11.1 Å². The molecule has 0 radical (unpaired) electrons. The van der Waals surface area contributed by atoms with E-state index in [4.69, 9.17) is 0 Å². The summed E-state index contributed by atoms with van der Waals surface area (Å²) < 4.78 is 13.4. The van der Waals surface area contributed by atoms with E-state index in [0.717, 1.165) is 0 Å². The van der Waals surface area contributed by atoms with Gasteiger partial charge in [0.25, 0.3) is 0 Å². The molecule has 3 rings (SSSR count). The van der Waals surface area contributed by atoms with Crippen molar-refractivity contribution in [1.29, 1.82) is 0 Å². The third-order valence-electron chi connectivity index (χ3n) is 3.21. The molecule has 2 N–H and O–H groups in total. The van der Waals surface area contributed by atoms with Gasteiger partial charge in [-0.05, 0) is 12.1 Å². The van der Waals surface area contributed by atoms with Crippen LogP contribution in [0.25, 0.3) is 0 Å². The van der Waals surface area contributed by atoms with E-state index in [-0.39, 0.29) is 17.3 Å². The maximum atomic E-state index is 13.4. The van der Waals surface area contributed by atoms with Crippen molar-refractivity contribution in [3.63, 3.8) is 0 Å². The van der Waals surface area contributed by atoms with E-state index in [9.17, 15) is 14.0 Å². The molecule has 0 fully saturated rings. The molecule has 1 aliphatic rings. The van der Waals surface area contributed by atoms with Gasteiger partial charge in [-0.3, -0.25) is 9.59 Å². The number of carbonyl (C=O) groups is 2. The van der Waals surface area contributed by atoms with Crippen LogP contribution >= 0.6 is 0 Å². The van der Waals surface area contributed by atoms with Crippen LogP contribution in [0.4, 0.5) is 10.1 Å². The summed E-state index contributed by atoms with van der Waals surface area (Å²) in [6.45, 7) is 0. The molecule has 0 saturated carbocycles. The third kappa shape index (κ3) is 1.98. The fraction of sp³-hybridized carbons (Fsp3) is 0.0667. The van der Waals surface area contributed by atoms with E-state index in [2.05, 4.69) is 10.9 Å². The molecule has 2 aromatic rings. The van der Waals surface area contributed by atoms with E-state index in [1.165, 1.54) is 12.1 Å². The van der Waals surface area contributed by atoms with Gasteiger partial charge in [0.2, 0.25) is 0 Å². The van der Waals surface area contributed by atoms with Crippen molar-refractivity contribution in [1.82, 2.24) is 5.43 Å². The molecule has 0 aromatic heterocycles. The average molecular weight is 270 g/mol. The summed E-state index contributed by atoms with van der Waals surface area (Å²) in [6, 6.07) is 11.6. The number of para-hydroxylation sites is 1. The van der Waals surface area contributed by atoms with Crippen molar-refractivity contribution >= 4 is 17.3 Å². The molecule has 0 spiro atoms. The molecule has 100 valence electrons. The molecule has 0 saturated heterocycles. The van der Waals surface area contributed by atoms with Gasteiger partial charge in [-0.2, -0.15) is 0 Å². The van der Waals surface area contributed by atoms with Gasteiger partial charge in [0, 0.05) is 11.1 Å². The number of anilines is 1. The SMILES string of the molecule is O=C1c2ccccc2C(=O)C1NNc1ccccc1F. The number of Topliss-reactive ketones (excluding diaryl/α,β-unsaturated/α-hetero) is 2. The van der Waals surface area contributed by atoms with Crippen LogP contribution in [0.15, 0.2) is 48.5 Å². The average Bonchev–Trinajstić information content (AvgIpc) is 2.71. The first-order valence-corrected chi connectivity index (χ1v) is 6.12. The Labute approximate surface area is 114 Å². The molecule has 0 heterocycles. The molecule has 0 bridgehead atoms. The van der Waals surface area contributed by atoms with Gasteiger partial charge in [-0.15, -0.1) is 0 Å². The second-order valence-corrected chi connectivity index (χ2v) is 4.46. The number of hydrogen-bond acceptors (Lipinski definition) is 4. The molecule has 0 unspecified atom stereocenters. The molecule has 0 aliphatic heterocycles. The summed E-state index contributed by atoms with van der Waals surface area (Å²) in [7, 11) is 0. The Kier molecular flexibility index (Phi) is 3.04. The maximum absolute atomic E-state index is 13.4. The molecule has 0 amide bonds. The Morgan fingerprint density at radius 2 is 1.40 bits per heavy atom. The number of carbonyl (C=O) groups excluding carboxylic acids is 2. The molecular weight excluding hydrogens is 259 g/mol. The van der Waals surface area contributed by atoms with Crippen molar-refractivity contribution < 1.29 is 14.0 Å². The fourth-order valence-electron chi connectivity index (χ4n) is 2.19. The second-order valence-electron chi connectivity index (χ2n) is 4.46. The Morgan fingerprint density at radius 3 is 2.00 bits per heavy atom. The Balaban J connectivity index is 1.79. The van der Waals surface area contributed by atoms with Crippen molar-refractivity contribution in [2.45, 2.75) is 6.04 Å². The van der Waals surface area contributed by atoms with Crippen molar-refractivity contribution in [3.8, 4) is 0 Å². The number of nitrogens with one attached hydrogen (secondary N) is 2. The first kappa shape index (κ1) is 12.5. The lowest BCUT2D eigenvalue weighted by Gasteiger charge is -2.12. The lowest BCUT2D eigenvalue weighted by atomic mass is 10.1. The zero-order valence-electron chi connectivity index (χ0n) is 10.4. The first-order chi connectivity index (χ1) is 9.68. The van der Waals surface area contributed by atoms with Gasteiger partial charge in [-0.1, -0.05) is 36.4 Å². The van der Waals surface area contributed by atoms with Crippen molar-refractivity contribution in [2.75, 3.05) is 5.43 Å². The second kappa shape index (κ2) is 4.86. The number of fused-ring (bicyclic) bond motifs is 1. The van der Waals surface area contributed by atoms with Gasteiger partial charge in [0.15, 0.2) is 17.6 Å². The Hall–Kier alpha value is -2.53. The highest BCUT2D eigenvalue weighted by Gasteiger charge is 2.38. The van der Waals surface area contributed by atoms with Gasteiger partial charge in [0.05, 0.1) is 5.69 Å². The van der Waals surface area contributed by atoms with Crippen LogP contribution in [0.5, 0.6) is 0 Å². The number of hydrazine groups is 1. The van der Waals surface area contributed by atoms with E-state index >= 15 is 0 Å². The van der Waals surface area contributed by atoms with E-state index in [1.807, 2.05) is 0 Å². The summed E-state index contributed by atoms with van der Waals surface area (Å²) in [6.07, 6.45) is 0. The number of rotatable bonds is 3. The van der Waals surface area contributed by atoms with Crippen LogP contribution in [0.3, 0.4) is 0 Å². The minimum atomic E-state index is -1.02. The van der Waals surface area contributed by atoms with Gasteiger partial charge in [0.1, 0.15) is 5.82 Å². The highest BCUT2D eigenvalue weighted by Crippen LogP contribution is 2.22. The first-order valence-electron chi connectivity index (χ1n) is 6.12. The maximum Gasteiger partial charge on any atom is 0.190 e. The minimum absolute atomic E-state index is 0.184. The number of ketones is 2. The molecule has 2 aromatic carbocycles. The van der Waals surface area contributed by atoms with Crippen LogP contribution < -0.4 is 10.9 Å². The van der Waals surface area contributed by atoms with Crippen molar-refractivity contribution in [3.05, 3.63) is 65.5 Å². The molecular formula is C15H11FN2O2. The van der Waals surface area contributed by atoms with Gasteiger partial charge in [-0.25, -0.2) is 9.82 Å². The van der Waals surface area contributed by atoms with Gasteiger partial charge < -0.3 is 5.43 Å². The van der Waals surface area contributed by atoms with Crippen LogP contribution in [0.2, 0.25) is 0 Å². The van der Waals surface area contributed by atoms with Crippen LogP contribution in [0, 0.1) is 5.82 Å². The van der Waals surface area contributed by atoms with E-state index in [1.54, 1.807) is 36.4 Å². The number of hydrogen-bond donors (Lipinski definition) is 2. The van der Waals surface area contributed by atoms with Crippen LogP contribution in [-0.2, 0) is 0 Å². The largest absolute Gasteiger partial charge is 0.318 e. The zero-order chi connectivity index (χ0) is 14.1. The third-order valence-corrected chi connectivity index (χ3v) is 3.21. The zero-order valence-corrected chi connectivity index (χ0v) is 10.4. The predicted octanol–water partition coefficient (Wildman–Crippen LogP) is 2.19. The summed E-state index contributed by atoms with van der Waals surface area (Å²) >= 11 is 0. The topological polar surface area (TPSA) is 58.2 Å². The fourth-order valence-corrected chi connectivity index (χ4v) is 2.19.